The average molecular weight is 345 g/mol. The molecule has 0 spiro atoms. The van der Waals surface area contributed by atoms with E-state index < -0.39 is 0 Å². The van der Waals surface area contributed by atoms with Crippen molar-refractivity contribution in [1.29, 1.82) is 0 Å². The van der Waals surface area contributed by atoms with E-state index in [9.17, 15) is 4.79 Å². The lowest BCUT2D eigenvalue weighted by Crippen LogP contribution is -2.49. The van der Waals surface area contributed by atoms with Gasteiger partial charge in [-0.1, -0.05) is 31.0 Å². The van der Waals surface area contributed by atoms with E-state index in [1.165, 1.54) is 12.8 Å². The second-order valence-electron chi connectivity index (χ2n) is 7.66. The van der Waals surface area contributed by atoms with Crippen LogP contribution in [0, 0.1) is 11.3 Å². The molecule has 0 radical (unpaired) electrons. The Hall–Kier alpha value is -1.59. The van der Waals surface area contributed by atoms with E-state index in [0.717, 1.165) is 37.2 Å². The summed E-state index contributed by atoms with van der Waals surface area (Å²) in [4.78, 5) is 15.3. The van der Waals surface area contributed by atoms with E-state index in [2.05, 4.69) is 21.6 Å². The second kappa shape index (κ2) is 7.75. The first-order chi connectivity index (χ1) is 12.1. The third-order valence-electron chi connectivity index (χ3n) is 6.07. The molecule has 1 aliphatic heterocycles. The summed E-state index contributed by atoms with van der Waals surface area (Å²) in [6.07, 6.45) is 4.60. The summed E-state index contributed by atoms with van der Waals surface area (Å²) in [6.45, 7) is 2.41. The van der Waals surface area contributed by atoms with E-state index in [4.69, 9.17) is 4.74 Å². The number of nitrogens with one attached hydrogen (secondary N) is 2. The van der Waals surface area contributed by atoms with Gasteiger partial charge in [-0.2, -0.15) is 0 Å². The zero-order valence-electron chi connectivity index (χ0n) is 15.7. The Bertz CT molecular complexity index is 604. The van der Waals surface area contributed by atoms with E-state index >= 15 is 0 Å². The Morgan fingerprint density at radius 1 is 1.40 bits per heavy atom. The number of benzene rings is 1. The molecule has 1 aromatic rings. The highest BCUT2D eigenvalue weighted by Gasteiger charge is 2.49. The van der Waals surface area contributed by atoms with Crippen molar-refractivity contribution in [2.45, 2.75) is 31.7 Å². The van der Waals surface area contributed by atoms with Crippen LogP contribution in [0.3, 0.4) is 0 Å². The van der Waals surface area contributed by atoms with Crippen LogP contribution in [0.5, 0.6) is 5.75 Å². The number of rotatable bonds is 6. The van der Waals surface area contributed by atoms with Gasteiger partial charge in [-0.3, -0.25) is 4.79 Å². The number of carbonyl (C=O) groups is 1. The highest BCUT2D eigenvalue weighted by molar-refractivity contribution is 5.84. The fourth-order valence-corrected chi connectivity index (χ4v) is 4.57. The molecule has 25 heavy (non-hydrogen) atoms. The molecule has 1 heterocycles. The average Bonchev–Trinajstić information content (AvgIpc) is 3.07. The highest BCUT2D eigenvalue weighted by atomic mass is 16.5. The summed E-state index contributed by atoms with van der Waals surface area (Å²) >= 11 is 0. The summed E-state index contributed by atoms with van der Waals surface area (Å²) in [6, 6.07) is 8.14. The van der Waals surface area contributed by atoms with Gasteiger partial charge < -0.3 is 20.3 Å². The molecule has 138 valence electrons. The van der Waals surface area contributed by atoms with E-state index in [1.54, 1.807) is 7.11 Å². The Balaban J connectivity index is 1.72. The topological polar surface area (TPSA) is 53.6 Å². The highest BCUT2D eigenvalue weighted by Crippen LogP contribution is 2.44. The Labute approximate surface area is 151 Å². The third-order valence-corrected chi connectivity index (χ3v) is 6.07. The van der Waals surface area contributed by atoms with Crippen molar-refractivity contribution in [2.24, 2.45) is 11.3 Å². The predicted molar refractivity (Wildman–Crippen MR) is 99.7 cm³/mol. The molecule has 5 heteroatoms. The minimum Gasteiger partial charge on any atom is -0.496 e. The van der Waals surface area contributed by atoms with E-state index in [-0.39, 0.29) is 17.4 Å². The van der Waals surface area contributed by atoms with Gasteiger partial charge in [0.2, 0.25) is 5.91 Å². The van der Waals surface area contributed by atoms with Crippen molar-refractivity contribution in [3.63, 3.8) is 0 Å². The van der Waals surface area contributed by atoms with Gasteiger partial charge in [0.15, 0.2) is 0 Å². The molecule has 2 N–H and O–H groups in total. The molecule has 1 saturated carbocycles. The van der Waals surface area contributed by atoms with Crippen LogP contribution < -0.4 is 15.4 Å². The molecule has 0 bridgehead atoms. The molecule has 2 aliphatic rings. The van der Waals surface area contributed by atoms with Gasteiger partial charge in [-0.25, -0.2) is 0 Å². The number of methoxy groups -OCH3 is 1. The van der Waals surface area contributed by atoms with Crippen LogP contribution in [0.15, 0.2) is 24.3 Å². The number of nitrogens with zero attached hydrogens (tertiary/aromatic N) is 1. The standard InChI is InChI=1S/C20H31N3O2/c1-23(2)17(16-9-4-5-10-18(16)25-3)13-22-19(24)20-11-7-6-8-15(20)12-21-14-20/h4-5,9-10,15,17,21H,6-8,11-14H2,1-3H3,(H,22,24)/t15-,17?,20+/m0/s1. The number of hydrogen-bond donors (Lipinski definition) is 2. The maximum absolute atomic E-state index is 13.1. The summed E-state index contributed by atoms with van der Waals surface area (Å²) in [5.41, 5.74) is 0.910. The zero-order valence-corrected chi connectivity index (χ0v) is 15.7. The number of ether oxygens (including phenoxy) is 1. The molecule has 2 fully saturated rings. The van der Waals surface area contributed by atoms with Gasteiger partial charge in [-0.15, -0.1) is 0 Å². The van der Waals surface area contributed by atoms with Gasteiger partial charge in [0.05, 0.1) is 18.6 Å². The minimum atomic E-state index is -0.199. The van der Waals surface area contributed by atoms with Crippen LogP contribution in [0.1, 0.15) is 37.3 Å². The van der Waals surface area contributed by atoms with Crippen LogP contribution in [0.4, 0.5) is 0 Å². The van der Waals surface area contributed by atoms with Crippen LogP contribution in [0.25, 0.3) is 0 Å². The number of carbonyl (C=O) groups excluding carboxylic acids is 1. The molecule has 1 aromatic carbocycles. The SMILES string of the molecule is COc1ccccc1C(CNC(=O)[C@@]12CCCC[C@H]1CNC2)N(C)C. The number of para-hydroxylation sites is 1. The van der Waals surface area contributed by atoms with E-state index in [0.29, 0.717) is 12.5 Å². The first-order valence-electron chi connectivity index (χ1n) is 9.37. The number of amides is 1. The summed E-state index contributed by atoms with van der Waals surface area (Å²) in [5.74, 6) is 1.58. The molecule has 5 nitrogen and oxygen atoms in total. The molecular weight excluding hydrogens is 314 g/mol. The summed E-state index contributed by atoms with van der Waals surface area (Å²) < 4.78 is 5.52. The Morgan fingerprint density at radius 3 is 2.96 bits per heavy atom. The summed E-state index contributed by atoms with van der Waals surface area (Å²) in [7, 11) is 5.78. The lowest BCUT2D eigenvalue weighted by atomic mass is 9.67. The molecule has 0 aromatic heterocycles. The largest absolute Gasteiger partial charge is 0.496 e. The number of hydrogen-bond acceptors (Lipinski definition) is 4. The fourth-order valence-electron chi connectivity index (χ4n) is 4.57. The van der Waals surface area contributed by atoms with Crippen molar-refractivity contribution in [1.82, 2.24) is 15.5 Å². The van der Waals surface area contributed by atoms with Crippen molar-refractivity contribution < 1.29 is 9.53 Å². The van der Waals surface area contributed by atoms with Gasteiger partial charge in [0, 0.05) is 18.7 Å². The molecule has 3 atom stereocenters. The van der Waals surface area contributed by atoms with Crippen molar-refractivity contribution in [2.75, 3.05) is 40.8 Å². The number of fused-ring (bicyclic) bond motifs is 1. The van der Waals surface area contributed by atoms with Gasteiger partial charge in [0.25, 0.3) is 0 Å². The maximum atomic E-state index is 13.1. The molecule has 1 unspecified atom stereocenters. The van der Waals surface area contributed by atoms with Crippen LogP contribution in [0.2, 0.25) is 0 Å². The van der Waals surface area contributed by atoms with Gasteiger partial charge >= 0.3 is 0 Å². The molecule has 1 amide bonds. The van der Waals surface area contributed by atoms with Gasteiger partial charge in [-0.05, 0) is 45.5 Å². The number of likely N-dealkylation sites (N-methyl/N-ethyl adjacent to an activating group) is 1. The van der Waals surface area contributed by atoms with Crippen molar-refractivity contribution in [3.8, 4) is 5.75 Å². The first-order valence-corrected chi connectivity index (χ1v) is 9.37. The first kappa shape index (κ1) is 18.2. The molecule has 1 saturated heterocycles. The van der Waals surface area contributed by atoms with Gasteiger partial charge in [0.1, 0.15) is 5.75 Å². The normalized spacial score (nSPS) is 27.0. The van der Waals surface area contributed by atoms with Crippen LogP contribution in [-0.4, -0.2) is 51.6 Å². The monoisotopic (exact) mass is 345 g/mol. The minimum absolute atomic E-state index is 0.0907. The summed E-state index contributed by atoms with van der Waals surface area (Å²) in [5, 5.41) is 6.72. The third kappa shape index (κ3) is 3.53. The van der Waals surface area contributed by atoms with E-state index in [1.807, 2.05) is 32.3 Å². The Morgan fingerprint density at radius 2 is 2.20 bits per heavy atom. The molecule has 1 aliphatic carbocycles. The van der Waals surface area contributed by atoms with Crippen LogP contribution >= 0.6 is 0 Å². The quantitative estimate of drug-likeness (QED) is 0.830. The maximum Gasteiger partial charge on any atom is 0.227 e. The second-order valence-corrected chi connectivity index (χ2v) is 7.66. The smallest absolute Gasteiger partial charge is 0.227 e. The Kier molecular flexibility index (Phi) is 5.64. The molecular formula is C20H31N3O2. The zero-order chi connectivity index (χ0) is 17.9. The lowest BCUT2D eigenvalue weighted by Gasteiger charge is -2.38. The van der Waals surface area contributed by atoms with Crippen molar-refractivity contribution >= 4 is 5.91 Å². The van der Waals surface area contributed by atoms with Crippen LogP contribution in [-0.2, 0) is 4.79 Å². The predicted octanol–water partition coefficient (Wildman–Crippen LogP) is 2.19. The molecule has 3 rings (SSSR count). The fraction of sp³-hybridized carbons (Fsp3) is 0.650. The van der Waals surface area contributed by atoms with Crippen molar-refractivity contribution in [3.05, 3.63) is 29.8 Å². The lowest BCUT2D eigenvalue weighted by molar-refractivity contribution is -0.134.